The van der Waals surface area contributed by atoms with Gasteiger partial charge < -0.3 is 20.7 Å². The van der Waals surface area contributed by atoms with Crippen LogP contribution in [0.5, 0.6) is 11.6 Å². The maximum atomic E-state index is 11.2. The lowest BCUT2D eigenvalue weighted by atomic mass is 10.0. The number of fused-ring (bicyclic) bond motifs is 1. The largest absolute Gasteiger partial charge is 0.438 e. The molecule has 1 aliphatic heterocycles. The number of nitrogens with one attached hydrogen (secondary N) is 1. The van der Waals surface area contributed by atoms with Crippen LogP contribution in [0.25, 0.3) is 10.8 Å². The van der Waals surface area contributed by atoms with Gasteiger partial charge in [-0.2, -0.15) is 0 Å². The van der Waals surface area contributed by atoms with E-state index in [0.29, 0.717) is 11.4 Å². The molecule has 0 radical (unpaired) electrons. The lowest BCUT2D eigenvalue weighted by molar-refractivity contribution is 0.1000. The molecule has 0 atom stereocenters. The van der Waals surface area contributed by atoms with E-state index in [9.17, 15) is 4.79 Å². The molecule has 0 bridgehead atoms. The Morgan fingerprint density at radius 2 is 1.86 bits per heavy atom. The van der Waals surface area contributed by atoms with Gasteiger partial charge in [-0.1, -0.05) is 30.3 Å². The predicted octanol–water partition coefficient (Wildman–Crippen LogP) is 3.31. The van der Waals surface area contributed by atoms with Crippen LogP contribution in [0.2, 0.25) is 0 Å². The molecule has 6 heteroatoms. The van der Waals surface area contributed by atoms with Crippen molar-refractivity contribution in [1.82, 2.24) is 15.2 Å². The first-order valence-corrected chi connectivity index (χ1v) is 10.1. The molecule has 0 saturated carbocycles. The molecular formula is C23H26N4O2. The second-order valence-corrected chi connectivity index (χ2v) is 7.35. The first-order chi connectivity index (χ1) is 14.2. The molecule has 29 heavy (non-hydrogen) atoms. The Morgan fingerprint density at radius 3 is 2.59 bits per heavy atom. The second kappa shape index (κ2) is 9.03. The number of carbonyl (C=O) groups is 1. The van der Waals surface area contributed by atoms with Crippen molar-refractivity contribution in [3.05, 3.63) is 65.9 Å². The SMILES string of the molecule is NC(=O)c1ccc(Oc2ccc(CNCCN3CCCC3)c3ccccc23)nc1. The molecule has 1 saturated heterocycles. The first kappa shape index (κ1) is 19.4. The summed E-state index contributed by atoms with van der Waals surface area (Å²) in [6, 6.07) is 15.6. The molecule has 2 heterocycles. The summed E-state index contributed by atoms with van der Waals surface area (Å²) in [7, 11) is 0. The average Bonchev–Trinajstić information content (AvgIpc) is 3.26. The summed E-state index contributed by atoms with van der Waals surface area (Å²) in [4.78, 5) is 17.9. The van der Waals surface area contributed by atoms with Crippen molar-refractivity contribution in [3.63, 3.8) is 0 Å². The third kappa shape index (κ3) is 4.72. The molecule has 1 aromatic heterocycles. The number of ether oxygens (including phenoxy) is 1. The van der Waals surface area contributed by atoms with Crippen LogP contribution in [-0.4, -0.2) is 42.0 Å². The van der Waals surface area contributed by atoms with E-state index in [-0.39, 0.29) is 0 Å². The second-order valence-electron chi connectivity index (χ2n) is 7.35. The zero-order valence-corrected chi connectivity index (χ0v) is 16.4. The Morgan fingerprint density at radius 1 is 1.07 bits per heavy atom. The van der Waals surface area contributed by atoms with Crippen LogP contribution in [0.3, 0.4) is 0 Å². The lowest BCUT2D eigenvalue weighted by Gasteiger charge is -2.16. The number of carbonyl (C=O) groups excluding carboxylic acids is 1. The third-order valence-corrected chi connectivity index (χ3v) is 5.33. The van der Waals surface area contributed by atoms with E-state index < -0.39 is 5.91 Å². The number of nitrogens with two attached hydrogens (primary N) is 1. The number of nitrogens with zero attached hydrogens (tertiary/aromatic N) is 2. The van der Waals surface area contributed by atoms with Crippen LogP contribution in [0, 0.1) is 0 Å². The average molecular weight is 390 g/mol. The molecule has 0 unspecified atom stereocenters. The normalized spacial score (nSPS) is 14.3. The molecule has 6 nitrogen and oxygen atoms in total. The molecule has 2 aromatic carbocycles. The maximum absolute atomic E-state index is 11.2. The van der Waals surface area contributed by atoms with Crippen molar-refractivity contribution in [2.24, 2.45) is 5.73 Å². The summed E-state index contributed by atoms with van der Waals surface area (Å²) in [5.74, 6) is 0.661. The lowest BCUT2D eigenvalue weighted by Crippen LogP contribution is -2.29. The van der Waals surface area contributed by atoms with Gasteiger partial charge in [0.15, 0.2) is 0 Å². The van der Waals surface area contributed by atoms with E-state index in [4.69, 9.17) is 10.5 Å². The summed E-state index contributed by atoms with van der Waals surface area (Å²) in [6.45, 7) is 5.37. The molecule has 0 spiro atoms. The fraction of sp³-hybridized carbons (Fsp3) is 0.304. The minimum absolute atomic E-state index is 0.359. The van der Waals surface area contributed by atoms with E-state index in [1.807, 2.05) is 18.2 Å². The molecule has 4 rings (SSSR count). The third-order valence-electron chi connectivity index (χ3n) is 5.33. The maximum Gasteiger partial charge on any atom is 0.250 e. The summed E-state index contributed by atoms with van der Waals surface area (Å²) < 4.78 is 5.98. The van der Waals surface area contributed by atoms with E-state index in [2.05, 4.69) is 33.4 Å². The van der Waals surface area contributed by atoms with E-state index in [1.54, 1.807) is 12.1 Å². The van der Waals surface area contributed by atoms with Crippen molar-refractivity contribution >= 4 is 16.7 Å². The highest BCUT2D eigenvalue weighted by atomic mass is 16.5. The number of likely N-dealkylation sites (tertiary alicyclic amines) is 1. The Labute approximate surface area is 170 Å². The molecule has 0 aliphatic carbocycles. The van der Waals surface area contributed by atoms with Gasteiger partial charge in [-0.3, -0.25) is 4.79 Å². The van der Waals surface area contributed by atoms with Crippen LogP contribution in [0.15, 0.2) is 54.7 Å². The minimum atomic E-state index is -0.504. The van der Waals surface area contributed by atoms with E-state index in [0.717, 1.165) is 36.2 Å². The number of benzene rings is 2. The fourth-order valence-electron chi connectivity index (χ4n) is 3.74. The van der Waals surface area contributed by atoms with Crippen LogP contribution >= 0.6 is 0 Å². The highest BCUT2D eigenvalue weighted by molar-refractivity contribution is 5.92. The van der Waals surface area contributed by atoms with E-state index >= 15 is 0 Å². The zero-order valence-electron chi connectivity index (χ0n) is 16.4. The number of aromatic nitrogens is 1. The van der Waals surface area contributed by atoms with Gasteiger partial charge in [0.25, 0.3) is 0 Å². The number of pyridine rings is 1. The van der Waals surface area contributed by atoms with Crippen molar-refractivity contribution in [2.45, 2.75) is 19.4 Å². The number of hydrogen-bond acceptors (Lipinski definition) is 5. The quantitative estimate of drug-likeness (QED) is 0.577. The smallest absolute Gasteiger partial charge is 0.250 e. The summed E-state index contributed by atoms with van der Waals surface area (Å²) in [5.41, 5.74) is 6.87. The van der Waals surface area contributed by atoms with Gasteiger partial charge in [0.05, 0.1) is 5.56 Å². The van der Waals surface area contributed by atoms with Gasteiger partial charge in [0.1, 0.15) is 5.75 Å². The van der Waals surface area contributed by atoms with Gasteiger partial charge >= 0.3 is 0 Å². The molecule has 150 valence electrons. The zero-order chi connectivity index (χ0) is 20.1. The Hall–Kier alpha value is -2.96. The Bertz CT molecular complexity index is 982. The summed E-state index contributed by atoms with van der Waals surface area (Å²) in [6.07, 6.45) is 4.08. The number of hydrogen-bond donors (Lipinski definition) is 2. The molecule has 1 fully saturated rings. The molecule has 3 aromatic rings. The monoisotopic (exact) mass is 390 g/mol. The van der Waals surface area contributed by atoms with Crippen LogP contribution in [0.4, 0.5) is 0 Å². The van der Waals surface area contributed by atoms with Crippen molar-refractivity contribution in [2.75, 3.05) is 26.2 Å². The number of amides is 1. The molecular weight excluding hydrogens is 364 g/mol. The topological polar surface area (TPSA) is 80.5 Å². The summed E-state index contributed by atoms with van der Waals surface area (Å²) in [5, 5.41) is 5.76. The van der Waals surface area contributed by atoms with Crippen LogP contribution in [0.1, 0.15) is 28.8 Å². The Balaban J connectivity index is 1.46. The van der Waals surface area contributed by atoms with Gasteiger partial charge in [-0.15, -0.1) is 0 Å². The highest BCUT2D eigenvalue weighted by Gasteiger charge is 2.11. The van der Waals surface area contributed by atoms with Crippen LogP contribution < -0.4 is 15.8 Å². The Kier molecular flexibility index (Phi) is 6.03. The van der Waals surface area contributed by atoms with Gasteiger partial charge in [-0.05, 0) is 49.0 Å². The van der Waals surface area contributed by atoms with Crippen molar-refractivity contribution < 1.29 is 9.53 Å². The van der Waals surface area contributed by atoms with Gasteiger partial charge in [0.2, 0.25) is 11.8 Å². The first-order valence-electron chi connectivity index (χ1n) is 10.1. The van der Waals surface area contributed by atoms with Crippen LogP contribution in [-0.2, 0) is 6.54 Å². The van der Waals surface area contributed by atoms with E-state index in [1.165, 1.54) is 37.7 Å². The van der Waals surface area contributed by atoms with Crippen molar-refractivity contribution in [3.8, 4) is 11.6 Å². The van der Waals surface area contributed by atoms with Gasteiger partial charge in [-0.25, -0.2) is 4.98 Å². The fourth-order valence-corrected chi connectivity index (χ4v) is 3.74. The summed E-state index contributed by atoms with van der Waals surface area (Å²) >= 11 is 0. The predicted molar refractivity (Wildman–Crippen MR) is 114 cm³/mol. The number of primary amides is 1. The van der Waals surface area contributed by atoms with Gasteiger partial charge in [0, 0.05) is 37.3 Å². The molecule has 1 aliphatic rings. The minimum Gasteiger partial charge on any atom is -0.438 e. The molecule has 3 N–H and O–H groups in total. The standard InChI is InChI=1S/C23H26N4O2/c24-23(28)18-8-10-22(26-16-18)29-21-9-7-17(19-5-1-2-6-20(19)21)15-25-11-14-27-12-3-4-13-27/h1-2,5-10,16,25H,3-4,11-15H2,(H2,24,28). The number of rotatable bonds is 8. The highest BCUT2D eigenvalue weighted by Crippen LogP contribution is 2.31. The molecule has 1 amide bonds. The van der Waals surface area contributed by atoms with Crippen molar-refractivity contribution in [1.29, 1.82) is 0 Å².